The van der Waals surface area contributed by atoms with Crippen molar-refractivity contribution in [2.45, 2.75) is 88.2 Å². The third kappa shape index (κ3) is 7.53. The zero-order chi connectivity index (χ0) is 43.1. The minimum Gasteiger partial charge on any atom is -0.386 e. The first-order valence-corrected chi connectivity index (χ1v) is 20.6. The Morgan fingerprint density at radius 1 is 0.934 bits per heavy atom. The Bertz CT molecular complexity index is 2510. The van der Waals surface area contributed by atoms with Crippen molar-refractivity contribution in [3.63, 3.8) is 0 Å². The summed E-state index contributed by atoms with van der Waals surface area (Å²) in [7, 11) is 0. The van der Waals surface area contributed by atoms with Gasteiger partial charge in [-0.15, -0.1) is 0 Å². The van der Waals surface area contributed by atoms with Crippen LogP contribution in [0, 0.1) is 17.6 Å². The number of pyridine rings is 2. The number of fused-ring (bicyclic) bond motifs is 2. The van der Waals surface area contributed by atoms with Crippen molar-refractivity contribution in [1.29, 1.82) is 0 Å². The molecule has 2 atom stereocenters. The summed E-state index contributed by atoms with van der Waals surface area (Å²) >= 11 is 0. The number of imidazole rings is 1. The van der Waals surface area contributed by atoms with E-state index in [1.165, 1.54) is 48.7 Å². The summed E-state index contributed by atoms with van der Waals surface area (Å²) in [6.07, 6.45) is 5.95. The van der Waals surface area contributed by atoms with Gasteiger partial charge in [0.05, 0.1) is 45.4 Å². The number of benzene rings is 1. The van der Waals surface area contributed by atoms with Crippen molar-refractivity contribution in [2.24, 2.45) is 5.92 Å². The molecule has 4 fully saturated rings. The molecule has 0 bridgehead atoms. The van der Waals surface area contributed by atoms with Crippen molar-refractivity contribution in [3.05, 3.63) is 88.1 Å². The zero-order valence-electron chi connectivity index (χ0n) is 33.5. The number of likely N-dealkylation sites (tertiary alicyclic amines) is 1. The summed E-state index contributed by atoms with van der Waals surface area (Å²) in [5, 5.41) is 15.8. The van der Waals surface area contributed by atoms with Gasteiger partial charge in [-0.2, -0.15) is 0 Å². The summed E-state index contributed by atoms with van der Waals surface area (Å²) in [4.78, 5) is 77.7. The molecule has 3 aromatic heterocycles. The second-order valence-electron chi connectivity index (χ2n) is 17.4. The number of amides is 5. The number of imide groups is 2. The maximum atomic E-state index is 16.2. The predicted octanol–water partition coefficient (Wildman–Crippen LogP) is 5.11. The Kier molecular flexibility index (Phi) is 10.00. The van der Waals surface area contributed by atoms with Gasteiger partial charge in [-0.05, 0) is 89.2 Å². The van der Waals surface area contributed by atoms with E-state index in [1.807, 2.05) is 4.90 Å². The van der Waals surface area contributed by atoms with Crippen LogP contribution in [0.15, 0.2) is 42.7 Å². The lowest BCUT2D eigenvalue weighted by molar-refractivity contribution is -0.136. The van der Waals surface area contributed by atoms with Gasteiger partial charge < -0.3 is 24.6 Å². The van der Waals surface area contributed by atoms with Gasteiger partial charge >= 0.3 is 0 Å². The molecule has 9 rings (SSSR count). The fourth-order valence-electron chi connectivity index (χ4n) is 9.34. The third-order valence-electron chi connectivity index (χ3n) is 12.7. The molecule has 14 nitrogen and oxygen atoms in total. The first-order chi connectivity index (χ1) is 29.0. The standard InChI is InChI=1S/C43H44F4N8O6/c1-42(2,61)35-31(50-38(57)29-5-3-4-28(48-29)26-18-43(26,46)47)21-54-20-30(49-37(54)36(35)45)23-10-12-52(13-11-23)19-22-8-14-53(15-9-22)33-17-25-24(16-27(33)44)40(59)55(41(25)60)32-6-7-34(56)51-39(32)58/h3-5,16-17,20-23,26,32,61H,6-15,18-19H2,1-2H3,(H,50,57)(H,51,56,58). The number of nitrogens with zero attached hydrogens (tertiary/aromatic N) is 6. The number of piperidine rings is 3. The molecule has 320 valence electrons. The van der Waals surface area contributed by atoms with Gasteiger partial charge in [-0.1, -0.05) is 6.07 Å². The summed E-state index contributed by atoms with van der Waals surface area (Å²) < 4.78 is 60.6. The van der Waals surface area contributed by atoms with Crippen molar-refractivity contribution in [1.82, 2.24) is 29.5 Å². The fourth-order valence-corrected chi connectivity index (χ4v) is 9.34. The van der Waals surface area contributed by atoms with E-state index in [0.717, 1.165) is 56.3 Å². The molecule has 1 saturated carbocycles. The molecule has 4 aliphatic heterocycles. The van der Waals surface area contributed by atoms with Crippen LogP contribution in [0.4, 0.5) is 28.9 Å². The Hall–Kier alpha value is -5.75. The molecule has 2 unspecified atom stereocenters. The monoisotopic (exact) mass is 844 g/mol. The number of rotatable bonds is 9. The Labute approximate surface area is 347 Å². The van der Waals surface area contributed by atoms with Crippen LogP contribution in [0.5, 0.6) is 0 Å². The van der Waals surface area contributed by atoms with Gasteiger partial charge in [0.1, 0.15) is 17.6 Å². The van der Waals surface area contributed by atoms with Crippen LogP contribution in [0.1, 0.15) is 119 Å². The molecule has 4 aromatic rings. The molecule has 1 aliphatic carbocycles. The lowest BCUT2D eigenvalue weighted by Crippen LogP contribution is -2.54. The smallest absolute Gasteiger partial charge is 0.274 e. The number of aliphatic hydroxyl groups is 1. The second-order valence-corrected chi connectivity index (χ2v) is 17.4. The van der Waals surface area contributed by atoms with E-state index >= 15 is 8.78 Å². The van der Waals surface area contributed by atoms with Gasteiger partial charge in [0.15, 0.2) is 11.5 Å². The minimum atomic E-state index is -2.86. The highest BCUT2D eigenvalue weighted by Gasteiger charge is 2.58. The number of hydrogen-bond donors (Lipinski definition) is 3. The van der Waals surface area contributed by atoms with Gasteiger partial charge in [-0.25, -0.2) is 27.5 Å². The largest absolute Gasteiger partial charge is 0.386 e. The molecule has 7 heterocycles. The van der Waals surface area contributed by atoms with E-state index in [-0.39, 0.29) is 70.3 Å². The van der Waals surface area contributed by atoms with Crippen molar-refractivity contribution >= 4 is 46.6 Å². The fraction of sp³-hybridized carbons (Fsp3) is 0.465. The van der Waals surface area contributed by atoms with Crippen molar-refractivity contribution < 1.29 is 46.6 Å². The molecule has 0 spiro atoms. The number of carbonyl (C=O) groups excluding carboxylic acids is 5. The number of alkyl halides is 2. The lowest BCUT2D eigenvalue weighted by Gasteiger charge is -2.38. The highest BCUT2D eigenvalue weighted by molar-refractivity contribution is 6.23. The lowest BCUT2D eigenvalue weighted by atomic mass is 9.91. The average Bonchev–Trinajstić information content (AvgIpc) is 3.52. The minimum absolute atomic E-state index is 0.00202. The number of nitrogens with one attached hydrogen (secondary N) is 2. The third-order valence-corrected chi connectivity index (χ3v) is 12.7. The molecule has 61 heavy (non-hydrogen) atoms. The van der Waals surface area contributed by atoms with Crippen molar-refractivity contribution in [3.8, 4) is 0 Å². The van der Waals surface area contributed by atoms with E-state index in [9.17, 15) is 37.9 Å². The molecule has 5 amide bonds. The molecule has 5 aliphatic rings. The highest BCUT2D eigenvalue weighted by atomic mass is 19.3. The second kappa shape index (κ2) is 15.0. The average molecular weight is 845 g/mol. The van der Waals surface area contributed by atoms with Gasteiger partial charge in [0.2, 0.25) is 11.8 Å². The Morgan fingerprint density at radius 3 is 2.28 bits per heavy atom. The van der Waals surface area contributed by atoms with Crippen molar-refractivity contribution in [2.75, 3.05) is 42.9 Å². The van der Waals surface area contributed by atoms with Crippen LogP contribution in [0.2, 0.25) is 0 Å². The van der Waals surface area contributed by atoms with Crippen LogP contribution in [0.3, 0.4) is 0 Å². The number of aromatic nitrogens is 3. The van der Waals surface area contributed by atoms with Crippen LogP contribution >= 0.6 is 0 Å². The molecular formula is C43H44F4N8O6. The predicted molar refractivity (Wildman–Crippen MR) is 211 cm³/mol. The zero-order valence-corrected chi connectivity index (χ0v) is 33.5. The van der Waals surface area contributed by atoms with Crippen LogP contribution < -0.4 is 15.5 Å². The summed E-state index contributed by atoms with van der Waals surface area (Å²) in [6, 6.07) is 5.63. The number of halogens is 4. The first kappa shape index (κ1) is 40.6. The summed E-state index contributed by atoms with van der Waals surface area (Å²) in [5.41, 5.74) is -1.07. The summed E-state index contributed by atoms with van der Waals surface area (Å²) in [6.45, 7) is 6.25. The topological polar surface area (TPSA) is 170 Å². The molecule has 0 radical (unpaired) electrons. The van der Waals surface area contributed by atoms with Crippen LogP contribution in [-0.2, 0) is 15.2 Å². The van der Waals surface area contributed by atoms with Crippen LogP contribution in [-0.4, -0.2) is 103 Å². The van der Waals surface area contributed by atoms with E-state index in [4.69, 9.17) is 0 Å². The number of hydrogen-bond acceptors (Lipinski definition) is 10. The summed E-state index contributed by atoms with van der Waals surface area (Å²) in [5.74, 6) is -8.36. The molecule has 3 saturated heterocycles. The first-order valence-electron chi connectivity index (χ1n) is 20.6. The molecule has 1 aromatic carbocycles. The van der Waals surface area contributed by atoms with Gasteiger partial charge in [-0.3, -0.25) is 34.2 Å². The quantitative estimate of drug-likeness (QED) is 0.152. The van der Waals surface area contributed by atoms with Gasteiger partial charge in [0.25, 0.3) is 23.6 Å². The highest BCUT2D eigenvalue weighted by Crippen LogP contribution is 2.55. The van der Waals surface area contributed by atoms with E-state index in [2.05, 4.69) is 25.5 Å². The van der Waals surface area contributed by atoms with E-state index < -0.39 is 64.7 Å². The van der Waals surface area contributed by atoms with E-state index in [1.54, 1.807) is 6.20 Å². The van der Waals surface area contributed by atoms with E-state index in [0.29, 0.717) is 24.7 Å². The Balaban J connectivity index is 0.818. The Morgan fingerprint density at radius 2 is 1.62 bits per heavy atom. The molecule has 18 heteroatoms. The van der Waals surface area contributed by atoms with Gasteiger partial charge in [0, 0.05) is 56.4 Å². The normalized spacial score (nSPS) is 22.5. The molecular weight excluding hydrogens is 801 g/mol. The van der Waals surface area contributed by atoms with Crippen LogP contribution in [0.25, 0.3) is 5.65 Å². The maximum Gasteiger partial charge on any atom is 0.274 e. The maximum absolute atomic E-state index is 16.2. The molecule has 3 N–H and O–H groups in total. The SMILES string of the molecule is CC(C)(O)c1c(NC(=O)c2cccc(C3CC3(F)F)n2)cn2cc(C3CCN(CC4CCN(c5cc6c(cc5F)C(=O)N(C5CCC(=O)NC5=O)C6=O)CC4)CC3)nc2c1F. The number of carbonyl (C=O) groups is 5. The number of anilines is 2.